The Morgan fingerprint density at radius 1 is 1.38 bits per heavy atom. The molecule has 2 fully saturated rings. The maximum Gasteiger partial charge on any atom is 0.272 e. The van der Waals surface area contributed by atoms with Crippen molar-refractivity contribution in [3.8, 4) is 10.6 Å². The van der Waals surface area contributed by atoms with Crippen LogP contribution in [-0.4, -0.2) is 51.7 Å². The van der Waals surface area contributed by atoms with Crippen LogP contribution in [0.1, 0.15) is 29.0 Å². The number of nitrogens with zero attached hydrogens (tertiary/aromatic N) is 3. The highest BCUT2D eigenvalue weighted by molar-refractivity contribution is 7.13. The van der Waals surface area contributed by atoms with Crippen LogP contribution >= 0.6 is 11.3 Å². The molecule has 7 heteroatoms. The summed E-state index contributed by atoms with van der Waals surface area (Å²) in [6, 6.07) is 6.89. The summed E-state index contributed by atoms with van der Waals surface area (Å²) in [5, 5.41) is 14.4. The fraction of sp³-hybridized carbons (Fsp3) is 0.421. The van der Waals surface area contributed by atoms with E-state index < -0.39 is 0 Å². The first-order valence-electron chi connectivity index (χ1n) is 9.00. The number of aromatic amines is 1. The van der Waals surface area contributed by atoms with Gasteiger partial charge >= 0.3 is 0 Å². The van der Waals surface area contributed by atoms with E-state index in [1.807, 2.05) is 30.5 Å². The van der Waals surface area contributed by atoms with E-state index in [1.165, 1.54) is 6.42 Å². The monoisotopic (exact) mass is 367 g/mol. The molecule has 134 valence electrons. The molecule has 26 heavy (non-hydrogen) atoms. The van der Waals surface area contributed by atoms with Crippen LogP contribution in [0.25, 0.3) is 21.5 Å². The van der Waals surface area contributed by atoms with Gasteiger partial charge in [-0.15, -0.1) is 11.3 Å². The number of rotatable bonds is 3. The number of piperidine rings is 1. The molecule has 0 spiro atoms. The molecule has 0 radical (unpaired) electrons. The summed E-state index contributed by atoms with van der Waals surface area (Å²) in [6.07, 6.45) is 2.24. The van der Waals surface area contributed by atoms with Gasteiger partial charge in [0.15, 0.2) is 5.69 Å². The molecule has 2 aliphatic rings. The molecule has 1 saturated heterocycles. The molecule has 3 aromatic rings. The van der Waals surface area contributed by atoms with Gasteiger partial charge in [-0.05, 0) is 44.9 Å². The molecule has 3 heterocycles. The number of hydrogen-bond acceptors (Lipinski definition) is 5. The molecule has 1 saturated carbocycles. The standard InChI is InChI=1S/C19H21N5OS/c1-10-9-26-19(20-10)11-3-4-14-16(6-11)22-23-17(14)18(25)21-15-7-13-5-12(15)8-24(13)2/h3-4,6,9,12-13,15H,5,7-8H2,1-2H3,(H,21,25)(H,22,23)/t12-,13-,15-/m0/s1. The largest absolute Gasteiger partial charge is 0.348 e. The van der Waals surface area contributed by atoms with Crippen molar-refractivity contribution in [3.05, 3.63) is 35.0 Å². The Hall–Kier alpha value is -2.25. The van der Waals surface area contributed by atoms with E-state index in [0.29, 0.717) is 17.7 Å². The van der Waals surface area contributed by atoms with Gasteiger partial charge < -0.3 is 10.2 Å². The zero-order chi connectivity index (χ0) is 17.8. The number of benzene rings is 1. The molecule has 3 atom stereocenters. The van der Waals surface area contributed by atoms with Crippen molar-refractivity contribution < 1.29 is 4.79 Å². The Bertz CT molecular complexity index is 991. The van der Waals surface area contributed by atoms with Crippen molar-refractivity contribution in [1.29, 1.82) is 0 Å². The van der Waals surface area contributed by atoms with E-state index in [2.05, 4.69) is 32.4 Å². The minimum atomic E-state index is -0.0747. The van der Waals surface area contributed by atoms with E-state index in [4.69, 9.17) is 0 Å². The van der Waals surface area contributed by atoms with Gasteiger partial charge in [-0.1, -0.05) is 6.07 Å². The van der Waals surface area contributed by atoms with Crippen molar-refractivity contribution in [2.75, 3.05) is 13.6 Å². The van der Waals surface area contributed by atoms with Gasteiger partial charge in [-0.25, -0.2) is 4.98 Å². The first-order chi connectivity index (χ1) is 12.6. The first kappa shape index (κ1) is 16.0. The summed E-state index contributed by atoms with van der Waals surface area (Å²) in [7, 11) is 2.17. The first-order valence-corrected chi connectivity index (χ1v) is 9.88. The second-order valence-corrected chi connectivity index (χ2v) is 8.39. The lowest BCUT2D eigenvalue weighted by Gasteiger charge is -2.28. The Labute approximate surface area is 155 Å². The van der Waals surface area contributed by atoms with Crippen molar-refractivity contribution in [2.45, 2.75) is 31.8 Å². The molecule has 2 aromatic heterocycles. The lowest BCUT2D eigenvalue weighted by atomic mass is 10.0. The number of aromatic nitrogens is 3. The third-order valence-electron chi connectivity index (χ3n) is 5.78. The minimum Gasteiger partial charge on any atom is -0.348 e. The Morgan fingerprint density at radius 3 is 2.96 bits per heavy atom. The average molecular weight is 367 g/mol. The van der Waals surface area contributed by atoms with Gasteiger partial charge in [0.05, 0.1) is 5.52 Å². The third kappa shape index (κ3) is 2.54. The summed E-state index contributed by atoms with van der Waals surface area (Å²) in [6.45, 7) is 3.07. The second-order valence-electron chi connectivity index (χ2n) is 7.53. The zero-order valence-electron chi connectivity index (χ0n) is 14.8. The van der Waals surface area contributed by atoms with Gasteiger partial charge in [0, 0.05) is 40.7 Å². The van der Waals surface area contributed by atoms with Crippen LogP contribution in [-0.2, 0) is 0 Å². The van der Waals surface area contributed by atoms with Crippen molar-refractivity contribution >= 4 is 28.1 Å². The number of likely N-dealkylation sites (tertiary alicyclic amines) is 1. The summed E-state index contributed by atoms with van der Waals surface area (Å²) in [4.78, 5) is 19.7. The van der Waals surface area contributed by atoms with E-state index in [-0.39, 0.29) is 11.9 Å². The minimum absolute atomic E-state index is 0.0747. The highest BCUT2D eigenvalue weighted by atomic mass is 32.1. The fourth-order valence-corrected chi connectivity index (χ4v) is 5.20. The Balaban J connectivity index is 1.38. The number of nitrogens with one attached hydrogen (secondary N) is 2. The summed E-state index contributed by atoms with van der Waals surface area (Å²) < 4.78 is 0. The van der Waals surface area contributed by atoms with Crippen LogP contribution in [0.15, 0.2) is 23.6 Å². The van der Waals surface area contributed by atoms with Gasteiger partial charge in [0.1, 0.15) is 5.01 Å². The SMILES string of the molecule is Cc1csc(-c2ccc3c(C(=O)N[C@H]4C[C@@H]5C[C@H]4CN5C)n[nH]c3c2)n1. The smallest absolute Gasteiger partial charge is 0.272 e. The topological polar surface area (TPSA) is 73.9 Å². The summed E-state index contributed by atoms with van der Waals surface area (Å²) in [5.41, 5.74) is 3.42. The molecule has 5 rings (SSSR count). The average Bonchev–Trinajstić information content (AvgIpc) is 3.37. The predicted octanol–water partition coefficient (Wildman–Crippen LogP) is 2.82. The summed E-state index contributed by atoms with van der Waals surface area (Å²) >= 11 is 1.62. The molecule has 1 aliphatic heterocycles. The molecule has 2 bridgehead atoms. The number of aryl methyl sites for hydroxylation is 1. The van der Waals surface area contributed by atoms with E-state index in [1.54, 1.807) is 11.3 Å². The number of carbonyl (C=O) groups excluding carboxylic acids is 1. The maximum absolute atomic E-state index is 12.8. The van der Waals surface area contributed by atoms with Crippen molar-refractivity contribution in [2.24, 2.45) is 5.92 Å². The van der Waals surface area contributed by atoms with Crippen molar-refractivity contribution in [1.82, 2.24) is 25.4 Å². The van der Waals surface area contributed by atoms with Crippen molar-refractivity contribution in [3.63, 3.8) is 0 Å². The molecular formula is C19H21N5OS. The van der Waals surface area contributed by atoms with Gasteiger partial charge in [-0.2, -0.15) is 5.10 Å². The molecule has 1 aromatic carbocycles. The number of amides is 1. The van der Waals surface area contributed by atoms with Crippen LogP contribution in [0.4, 0.5) is 0 Å². The van der Waals surface area contributed by atoms with Crippen LogP contribution < -0.4 is 5.32 Å². The van der Waals surface area contributed by atoms with E-state index in [9.17, 15) is 4.79 Å². The van der Waals surface area contributed by atoms with Crippen LogP contribution in [0.5, 0.6) is 0 Å². The quantitative estimate of drug-likeness (QED) is 0.747. The molecule has 1 aliphatic carbocycles. The number of fused-ring (bicyclic) bond motifs is 3. The predicted molar refractivity (Wildman–Crippen MR) is 102 cm³/mol. The van der Waals surface area contributed by atoms with Gasteiger partial charge in [0.25, 0.3) is 5.91 Å². The molecule has 6 nitrogen and oxygen atoms in total. The molecule has 1 amide bonds. The molecule has 0 unspecified atom stereocenters. The lowest BCUT2D eigenvalue weighted by Crippen LogP contribution is -2.44. The fourth-order valence-electron chi connectivity index (χ4n) is 4.40. The Kier molecular flexibility index (Phi) is 3.62. The number of hydrogen-bond donors (Lipinski definition) is 2. The number of carbonyl (C=O) groups is 1. The van der Waals surface area contributed by atoms with Crippen LogP contribution in [0.3, 0.4) is 0 Å². The second kappa shape index (κ2) is 5.89. The van der Waals surface area contributed by atoms with Crippen LogP contribution in [0, 0.1) is 12.8 Å². The summed E-state index contributed by atoms with van der Waals surface area (Å²) in [5.74, 6) is 0.494. The molecule has 2 N–H and O–H groups in total. The van der Waals surface area contributed by atoms with E-state index >= 15 is 0 Å². The number of H-pyrrole nitrogens is 1. The van der Waals surface area contributed by atoms with Crippen LogP contribution in [0.2, 0.25) is 0 Å². The lowest BCUT2D eigenvalue weighted by molar-refractivity contribution is 0.0909. The van der Waals surface area contributed by atoms with Gasteiger partial charge in [0.2, 0.25) is 0 Å². The molecular weight excluding hydrogens is 346 g/mol. The number of thiazole rings is 1. The highest BCUT2D eigenvalue weighted by Gasteiger charge is 2.43. The third-order valence-corrected chi connectivity index (χ3v) is 6.79. The Morgan fingerprint density at radius 2 is 2.27 bits per heavy atom. The highest BCUT2D eigenvalue weighted by Crippen LogP contribution is 2.37. The zero-order valence-corrected chi connectivity index (χ0v) is 15.6. The maximum atomic E-state index is 12.8. The normalized spacial score (nSPS) is 25.2. The van der Waals surface area contributed by atoms with E-state index in [0.717, 1.165) is 40.1 Å². The van der Waals surface area contributed by atoms with Gasteiger partial charge in [-0.3, -0.25) is 9.89 Å².